The lowest BCUT2D eigenvalue weighted by molar-refractivity contribution is 0.0972. The van der Waals surface area contributed by atoms with Gasteiger partial charge in [-0.1, -0.05) is 17.7 Å². The van der Waals surface area contributed by atoms with Gasteiger partial charge in [0.2, 0.25) is 11.8 Å². The normalized spacial score (nSPS) is 13.1. The van der Waals surface area contributed by atoms with Crippen molar-refractivity contribution in [3.8, 4) is 17.4 Å². The fourth-order valence-electron chi connectivity index (χ4n) is 2.72. The number of anilines is 1. The van der Waals surface area contributed by atoms with E-state index in [1.165, 1.54) is 11.9 Å². The van der Waals surface area contributed by atoms with Crippen LogP contribution in [0.5, 0.6) is 5.88 Å². The molecular weight excluding hydrogens is 446 g/mol. The summed E-state index contributed by atoms with van der Waals surface area (Å²) >= 11 is 11.7. The van der Waals surface area contributed by atoms with Crippen molar-refractivity contribution in [3.63, 3.8) is 0 Å². The van der Waals surface area contributed by atoms with Crippen molar-refractivity contribution in [3.05, 3.63) is 41.4 Å². The Morgan fingerprint density at radius 1 is 1.23 bits per heavy atom. The predicted molar refractivity (Wildman–Crippen MR) is 121 cm³/mol. The van der Waals surface area contributed by atoms with Crippen molar-refractivity contribution < 1.29 is 9.47 Å². The van der Waals surface area contributed by atoms with Crippen LogP contribution in [0.15, 0.2) is 30.6 Å². The zero-order chi connectivity index (χ0) is 21.5. The quantitative estimate of drug-likeness (QED) is 0.342. The molecule has 0 fully saturated rings. The zero-order valence-electron chi connectivity index (χ0n) is 16.7. The van der Waals surface area contributed by atoms with Crippen LogP contribution >= 0.6 is 36.2 Å². The van der Waals surface area contributed by atoms with E-state index in [1.54, 1.807) is 32.7 Å². The molecule has 0 bridgehead atoms. The monoisotopic (exact) mass is 467 g/mol. The number of ether oxygens (including phenoxy) is 2. The van der Waals surface area contributed by atoms with E-state index < -0.39 is 0 Å². The number of nitrogens with one attached hydrogen (secondary N) is 1. The first-order chi connectivity index (χ1) is 14.6. The van der Waals surface area contributed by atoms with Crippen molar-refractivity contribution in [1.29, 1.82) is 0 Å². The van der Waals surface area contributed by atoms with Gasteiger partial charge in [0.25, 0.3) is 0 Å². The molecule has 0 aromatic carbocycles. The molecule has 160 valence electrons. The van der Waals surface area contributed by atoms with E-state index in [2.05, 4.69) is 42.5 Å². The van der Waals surface area contributed by atoms with Gasteiger partial charge in [-0.3, -0.25) is 9.29 Å². The van der Waals surface area contributed by atoms with Crippen LogP contribution in [-0.2, 0) is 11.3 Å². The third kappa shape index (κ3) is 5.34. The molecule has 0 radical (unpaired) electrons. The highest BCUT2D eigenvalue weighted by Gasteiger charge is 2.24. The molecular formula is C18H22ClN7O2S2. The van der Waals surface area contributed by atoms with Gasteiger partial charge in [0.1, 0.15) is 11.8 Å². The molecule has 3 heterocycles. The highest BCUT2D eigenvalue weighted by Crippen LogP contribution is 2.29. The predicted octanol–water partition coefficient (Wildman–Crippen LogP) is 3.56. The molecule has 3 aromatic rings. The van der Waals surface area contributed by atoms with Crippen LogP contribution in [-0.4, -0.2) is 54.9 Å². The summed E-state index contributed by atoms with van der Waals surface area (Å²) in [4.78, 5) is 13.0. The Kier molecular flexibility index (Phi) is 8.14. The summed E-state index contributed by atoms with van der Waals surface area (Å²) in [6, 6.07) is 5.50. The topological polar surface area (TPSA) is 99.9 Å². The number of pyridine rings is 1. The molecule has 30 heavy (non-hydrogen) atoms. The smallest absolute Gasteiger partial charge is 0.234 e. The van der Waals surface area contributed by atoms with Gasteiger partial charge in [0.15, 0.2) is 11.6 Å². The van der Waals surface area contributed by atoms with Gasteiger partial charge in [-0.05, 0) is 24.9 Å². The second kappa shape index (κ2) is 10.8. The maximum absolute atomic E-state index is 5.88. The molecule has 0 aliphatic heterocycles. The number of thiol groups is 1. The Balaban J connectivity index is 1.77. The summed E-state index contributed by atoms with van der Waals surface area (Å²) in [5, 5.41) is 9.04. The molecule has 12 heteroatoms. The second-order valence-corrected chi connectivity index (χ2v) is 8.20. The average molecular weight is 468 g/mol. The Morgan fingerprint density at radius 2 is 2.00 bits per heavy atom. The number of hydrogen-bond acceptors (Lipinski definition) is 10. The fourth-order valence-corrected chi connectivity index (χ4v) is 3.81. The lowest BCUT2D eigenvalue weighted by atomic mass is 10.2. The third-order valence-electron chi connectivity index (χ3n) is 4.15. The summed E-state index contributed by atoms with van der Waals surface area (Å²) in [5.41, 5.74) is 0.666. The minimum atomic E-state index is -0.333. The van der Waals surface area contributed by atoms with Crippen LogP contribution in [0.4, 0.5) is 5.95 Å². The van der Waals surface area contributed by atoms with Crippen LogP contribution in [0.1, 0.15) is 18.9 Å². The van der Waals surface area contributed by atoms with Crippen molar-refractivity contribution in [2.75, 3.05) is 24.7 Å². The standard InChI is InChI=1S/C18H22ClN7O2S2/c1-11(15(28-3)16-20-9-12(19)10-21-16)30-25-18-24-23-17(26(18)7-8-29)13-5-4-6-14(22-13)27-2/h4-6,9-11,15,29H,7-8H2,1-3H3,(H,24,25). The number of hydrogen-bond donors (Lipinski definition) is 2. The molecule has 0 aliphatic carbocycles. The first-order valence-corrected chi connectivity index (χ1v) is 10.9. The molecule has 0 saturated heterocycles. The van der Waals surface area contributed by atoms with E-state index in [0.717, 1.165) is 0 Å². The van der Waals surface area contributed by atoms with Crippen LogP contribution < -0.4 is 9.46 Å². The summed E-state index contributed by atoms with van der Waals surface area (Å²) in [6.45, 7) is 2.61. The lowest BCUT2D eigenvalue weighted by Gasteiger charge is -2.21. The largest absolute Gasteiger partial charge is 0.481 e. The van der Waals surface area contributed by atoms with Gasteiger partial charge in [-0.2, -0.15) is 12.6 Å². The Labute approximate surface area is 189 Å². The van der Waals surface area contributed by atoms with Crippen molar-refractivity contribution in [1.82, 2.24) is 29.7 Å². The van der Waals surface area contributed by atoms with Crippen LogP contribution in [0.3, 0.4) is 0 Å². The molecule has 0 aliphatic rings. The van der Waals surface area contributed by atoms with Gasteiger partial charge >= 0.3 is 0 Å². The first kappa shape index (κ1) is 22.6. The number of rotatable bonds is 10. The molecule has 0 amide bonds. The van der Waals surface area contributed by atoms with E-state index in [4.69, 9.17) is 21.1 Å². The van der Waals surface area contributed by atoms with Gasteiger partial charge in [-0.15, -0.1) is 10.2 Å². The first-order valence-electron chi connectivity index (χ1n) is 9.04. The Bertz CT molecular complexity index is 958. The van der Waals surface area contributed by atoms with Gasteiger partial charge in [0, 0.05) is 37.9 Å². The Morgan fingerprint density at radius 3 is 2.67 bits per heavy atom. The molecule has 2 atom stereocenters. The minimum Gasteiger partial charge on any atom is -0.481 e. The summed E-state index contributed by atoms with van der Waals surface area (Å²) in [6.07, 6.45) is 2.77. The van der Waals surface area contributed by atoms with Crippen molar-refractivity contribution >= 4 is 42.1 Å². The summed E-state index contributed by atoms with van der Waals surface area (Å²) in [7, 11) is 3.20. The number of nitrogens with zero attached hydrogens (tertiary/aromatic N) is 6. The molecule has 3 rings (SSSR count). The molecule has 0 spiro atoms. The minimum absolute atomic E-state index is 0.0317. The van der Waals surface area contributed by atoms with Crippen molar-refractivity contribution in [2.24, 2.45) is 0 Å². The molecule has 9 nitrogen and oxygen atoms in total. The van der Waals surface area contributed by atoms with E-state index in [-0.39, 0.29) is 11.4 Å². The van der Waals surface area contributed by atoms with Crippen LogP contribution in [0.2, 0.25) is 5.02 Å². The van der Waals surface area contributed by atoms with Gasteiger partial charge in [-0.25, -0.2) is 15.0 Å². The maximum atomic E-state index is 5.88. The highest BCUT2D eigenvalue weighted by atomic mass is 35.5. The molecule has 1 N–H and O–H groups in total. The second-order valence-electron chi connectivity index (χ2n) is 6.13. The van der Waals surface area contributed by atoms with E-state index in [0.29, 0.717) is 46.5 Å². The number of methoxy groups -OCH3 is 2. The number of halogens is 1. The van der Waals surface area contributed by atoms with E-state index in [9.17, 15) is 0 Å². The van der Waals surface area contributed by atoms with Crippen LogP contribution in [0.25, 0.3) is 11.5 Å². The summed E-state index contributed by atoms with van der Waals surface area (Å²) < 4.78 is 16.0. The van der Waals surface area contributed by atoms with Crippen molar-refractivity contribution in [2.45, 2.75) is 24.8 Å². The van der Waals surface area contributed by atoms with E-state index in [1.807, 2.05) is 23.6 Å². The van der Waals surface area contributed by atoms with Crippen LogP contribution in [0, 0.1) is 0 Å². The SMILES string of the molecule is COc1cccc(-c2nnc(NSC(C)C(OC)c3ncc(Cl)cn3)n2CCS)n1. The zero-order valence-corrected chi connectivity index (χ0v) is 19.2. The average Bonchev–Trinajstić information content (AvgIpc) is 3.17. The molecule has 3 aromatic heterocycles. The maximum Gasteiger partial charge on any atom is 0.234 e. The Hall–Kier alpha value is -2.08. The van der Waals surface area contributed by atoms with E-state index >= 15 is 0 Å². The molecule has 0 saturated carbocycles. The number of aromatic nitrogens is 6. The highest BCUT2D eigenvalue weighted by molar-refractivity contribution is 8.01. The molecule has 2 unspecified atom stereocenters. The summed E-state index contributed by atoms with van der Waals surface area (Å²) in [5.74, 6) is 2.90. The lowest BCUT2D eigenvalue weighted by Crippen LogP contribution is -2.19. The fraction of sp³-hybridized carbons (Fsp3) is 0.389. The van der Waals surface area contributed by atoms with Gasteiger partial charge < -0.3 is 9.47 Å². The third-order valence-corrected chi connectivity index (χ3v) is 5.46. The van der Waals surface area contributed by atoms with Gasteiger partial charge in [0.05, 0.1) is 17.4 Å².